The topological polar surface area (TPSA) is 102 Å². The first-order valence-electron chi connectivity index (χ1n) is 10.8. The Morgan fingerprint density at radius 3 is 2.26 bits per heavy atom. The van der Waals surface area contributed by atoms with E-state index in [1.165, 1.54) is 4.31 Å². The average Bonchev–Trinajstić information content (AvgIpc) is 3.18. The Kier molecular flexibility index (Phi) is 6.90. The standard InChI is InChI=1S/C21H33N5O4S/c1-14(2)13-26-17(5)19(15(3)22-26)7-8-20(27)24-9-11-25(12-10-24)31(28,29)21-16(4)23-30-18(21)6/h14H,7-13H2,1-6H3. The van der Waals surface area contributed by atoms with Crippen LogP contribution in [-0.2, 0) is 27.8 Å². The van der Waals surface area contributed by atoms with Crippen LogP contribution in [0.15, 0.2) is 9.42 Å². The van der Waals surface area contributed by atoms with E-state index in [2.05, 4.69) is 31.0 Å². The van der Waals surface area contributed by atoms with Gasteiger partial charge in [0.1, 0.15) is 10.6 Å². The van der Waals surface area contributed by atoms with Gasteiger partial charge in [-0.05, 0) is 45.6 Å². The van der Waals surface area contributed by atoms with Crippen molar-refractivity contribution in [3.05, 3.63) is 28.4 Å². The van der Waals surface area contributed by atoms with E-state index >= 15 is 0 Å². The molecule has 31 heavy (non-hydrogen) atoms. The van der Waals surface area contributed by atoms with E-state index in [4.69, 9.17) is 4.52 Å². The molecule has 2 aromatic heterocycles. The Bertz CT molecular complexity index is 1030. The number of carbonyl (C=O) groups is 1. The van der Waals surface area contributed by atoms with E-state index in [1.807, 2.05) is 11.6 Å². The van der Waals surface area contributed by atoms with Crippen molar-refractivity contribution >= 4 is 15.9 Å². The zero-order valence-electron chi connectivity index (χ0n) is 19.3. The van der Waals surface area contributed by atoms with Crippen molar-refractivity contribution in [2.45, 2.75) is 65.8 Å². The van der Waals surface area contributed by atoms with E-state index in [9.17, 15) is 13.2 Å². The molecule has 1 aliphatic heterocycles. The van der Waals surface area contributed by atoms with Crippen molar-refractivity contribution in [2.24, 2.45) is 5.92 Å². The van der Waals surface area contributed by atoms with Crippen LogP contribution in [0.25, 0.3) is 0 Å². The van der Waals surface area contributed by atoms with E-state index in [0.29, 0.717) is 43.3 Å². The molecule has 172 valence electrons. The summed E-state index contributed by atoms with van der Waals surface area (Å²) in [4.78, 5) is 14.7. The van der Waals surface area contributed by atoms with Gasteiger partial charge in [-0.25, -0.2) is 8.42 Å². The fourth-order valence-corrected chi connectivity index (χ4v) is 5.87. The van der Waals surface area contributed by atoms with Crippen molar-refractivity contribution in [1.82, 2.24) is 24.1 Å². The summed E-state index contributed by atoms with van der Waals surface area (Å²) < 4.78 is 34.3. The monoisotopic (exact) mass is 451 g/mol. The normalized spacial score (nSPS) is 15.8. The van der Waals surface area contributed by atoms with Crippen LogP contribution >= 0.6 is 0 Å². The first-order valence-corrected chi connectivity index (χ1v) is 12.2. The van der Waals surface area contributed by atoms with Gasteiger partial charge in [0.15, 0.2) is 5.76 Å². The van der Waals surface area contributed by atoms with Crippen molar-refractivity contribution in [1.29, 1.82) is 0 Å². The summed E-state index contributed by atoms with van der Waals surface area (Å²) in [5, 5.41) is 8.37. The summed E-state index contributed by atoms with van der Waals surface area (Å²) in [6.45, 7) is 13.7. The first kappa shape index (κ1) is 23.5. The fourth-order valence-electron chi connectivity index (χ4n) is 4.16. The zero-order valence-corrected chi connectivity index (χ0v) is 20.1. The maximum Gasteiger partial charge on any atom is 0.248 e. The van der Waals surface area contributed by atoms with Gasteiger partial charge in [-0.15, -0.1) is 0 Å². The average molecular weight is 452 g/mol. The Labute approximate surface area is 184 Å². The molecule has 3 heterocycles. The molecular weight excluding hydrogens is 418 g/mol. The molecule has 3 rings (SSSR count). The minimum Gasteiger partial charge on any atom is -0.360 e. The summed E-state index contributed by atoms with van der Waals surface area (Å²) >= 11 is 0. The summed E-state index contributed by atoms with van der Waals surface area (Å²) in [6, 6.07) is 0. The number of sulfonamides is 1. The Morgan fingerprint density at radius 1 is 1.06 bits per heavy atom. The lowest BCUT2D eigenvalue weighted by Crippen LogP contribution is -2.50. The predicted molar refractivity (Wildman–Crippen MR) is 116 cm³/mol. The van der Waals surface area contributed by atoms with E-state index in [0.717, 1.165) is 23.5 Å². The first-order chi connectivity index (χ1) is 14.5. The molecular formula is C21H33N5O4S. The van der Waals surface area contributed by atoms with Gasteiger partial charge in [0.2, 0.25) is 15.9 Å². The van der Waals surface area contributed by atoms with Crippen LogP contribution in [0.5, 0.6) is 0 Å². The van der Waals surface area contributed by atoms with Gasteiger partial charge in [-0.1, -0.05) is 19.0 Å². The van der Waals surface area contributed by atoms with Gasteiger partial charge in [0.25, 0.3) is 0 Å². The molecule has 0 spiro atoms. The smallest absolute Gasteiger partial charge is 0.248 e. The Balaban J connectivity index is 1.58. The lowest BCUT2D eigenvalue weighted by Gasteiger charge is -2.34. The number of piperazine rings is 1. The van der Waals surface area contributed by atoms with Crippen molar-refractivity contribution in [3.8, 4) is 0 Å². The summed E-state index contributed by atoms with van der Waals surface area (Å²) in [7, 11) is -3.67. The van der Waals surface area contributed by atoms with Crippen LogP contribution in [-0.4, -0.2) is 64.6 Å². The lowest BCUT2D eigenvalue weighted by molar-refractivity contribution is -0.132. The number of hydrogen-bond acceptors (Lipinski definition) is 6. The SMILES string of the molecule is Cc1nn(CC(C)C)c(C)c1CCC(=O)N1CCN(S(=O)(=O)c2c(C)noc2C)CC1. The maximum absolute atomic E-state index is 12.9. The third kappa shape index (κ3) is 4.85. The molecule has 1 aliphatic rings. The summed E-state index contributed by atoms with van der Waals surface area (Å²) in [5.41, 5.74) is 3.59. The second-order valence-electron chi connectivity index (χ2n) is 8.66. The maximum atomic E-state index is 12.9. The Morgan fingerprint density at radius 2 is 1.71 bits per heavy atom. The van der Waals surface area contributed by atoms with Crippen molar-refractivity contribution in [2.75, 3.05) is 26.2 Å². The molecule has 9 nitrogen and oxygen atoms in total. The molecule has 0 unspecified atom stereocenters. The molecule has 1 saturated heterocycles. The molecule has 1 fully saturated rings. The largest absolute Gasteiger partial charge is 0.360 e. The van der Waals surface area contributed by atoms with E-state index in [1.54, 1.807) is 18.7 Å². The molecule has 0 radical (unpaired) electrons. The molecule has 0 aromatic carbocycles. The number of carbonyl (C=O) groups excluding carboxylic acids is 1. The minimum atomic E-state index is -3.67. The van der Waals surface area contributed by atoms with Crippen LogP contribution in [0.1, 0.15) is 48.7 Å². The number of nitrogens with zero attached hydrogens (tertiary/aromatic N) is 5. The van der Waals surface area contributed by atoms with Crippen molar-refractivity contribution in [3.63, 3.8) is 0 Å². The van der Waals surface area contributed by atoms with Crippen LogP contribution in [0.3, 0.4) is 0 Å². The van der Waals surface area contributed by atoms with Gasteiger partial charge in [-0.3, -0.25) is 9.48 Å². The van der Waals surface area contributed by atoms with Gasteiger partial charge < -0.3 is 9.42 Å². The number of hydrogen-bond donors (Lipinski definition) is 0. The third-order valence-electron chi connectivity index (χ3n) is 5.82. The van der Waals surface area contributed by atoms with E-state index < -0.39 is 10.0 Å². The van der Waals surface area contributed by atoms with E-state index in [-0.39, 0.29) is 23.9 Å². The zero-order chi connectivity index (χ0) is 22.9. The van der Waals surface area contributed by atoms with Crippen LogP contribution in [0.4, 0.5) is 0 Å². The number of aryl methyl sites for hydroxylation is 3. The number of rotatable bonds is 7. The van der Waals surface area contributed by atoms with Crippen LogP contribution in [0.2, 0.25) is 0 Å². The minimum absolute atomic E-state index is 0.0461. The van der Waals surface area contributed by atoms with Gasteiger partial charge in [-0.2, -0.15) is 9.40 Å². The summed E-state index contributed by atoms with van der Waals surface area (Å²) in [5.74, 6) is 0.843. The molecule has 0 atom stereocenters. The van der Waals surface area contributed by atoms with Crippen molar-refractivity contribution < 1.29 is 17.7 Å². The molecule has 1 amide bonds. The molecule has 2 aromatic rings. The predicted octanol–water partition coefficient (Wildman–Crippen LogP) is 2.23. The second-order valence-corrected chi connectivity index (χ2v) is 10.5. The van der Waals surface area contributed by atoms with Gasteiger partial charge in [0, 0.05) is 44.8 Å². The van der Waals surface area contributed by atoms with Gasteiger partial charge in [0.05, 0.1) is 5.69 Å². The molecule has 0 bridgehead atoms. The molecule has 10 heteroatoms. The van der Waals surface area contributed by atoms with Gasteiger partial charge >= 0.3 is 0 Å². The molecule has 0 aliphatic carbocycles. The second kappa shape index (κ2) is 9.12. The molecule has 0 N–H and O–H groups in total. The lowest BCUT2D eigenvalue weighted by atomic mass is 10.1. The highest BCUT2D eigenvalue weighted by atomic mass is 32.2. The third-order valence-corrected chi connectivity index (χ3v) is 7.96. The number of aromatic nitrogens is 3. The van der Waals surface area contributed by atoms with Crippen LogP contribution in [0, 0.1) is 33.6 Å². The fraction of sp³-hybridized carbons (Fsp3) is 0.667. The highest BCUT2D eigenvalue weighted by molar-refractivity contribution is 7.89. The quantitative estimate of drug-likeness (QED) is 0.640. The van der Waals surface area contributed by atoms with Crippen LogP contribution < -0.4 is 0 Å². The number of amides is 1. The summed E-state index contributed by atoms with van der Waals surface area (Å²) in [6.07, 6.45) is 1.04. The highest BCUT2D eigenvalue weighted by Gasteiger charge is 2.34. The molecule has 0 saturated carbocycles. The Hall–Kier alpha value is -2.20. The highest BCUT2D eigenvalue weighted by Crippen LogP contribution is 2.24.